The second kappa shape index (κ2) is 18.5. The molecule has 0 aliphatic carbocycles. The van der Waals surface area contributed by atoms with Crippen LogP contribution in [0.3, 0.4) is 0 Å². The van der Waals surface area contributed by atoms with E-state index in [4.69, 9.17) is 4.74 Å². The molecular weight excluding hydrogens is 860 g/mol. The first-order valence-corrected chi connectivity index (χ1v) is 19.2. The van der Waals surface area contributed by atoms with Gasteiger partial charge in [0, 0.05) is 67.2 Å². The molecule has 0 saturated carbocycles. The number of amides is 2. The van der Waals surface area contributed by atoms with Crippen molar-refractivity contribution in [2.45, 2.75) is 43.3 Å². The molecule has 334 valence electrons. The molecule has 2 atom stereocenters. The van der Waals surface area contributed by atoms with E-state index in [1.807, 2.05) is 0 Å². The van der Waals surface area contributed by atoms with E-state index in [1.54, 1.807) is 0 Å². The Balaban J connectivity index is 1.56. The van der Waals surface area contributed by atoms with Crippen LogP contribution < -0.4 is 14.5 Å². The van der Waals surface area contributed by atoms with Gasteiger partial charge in [0.25, 0.3) is 11.8 Å². The molecule has 6 rings (SSSR count). The van der Waals surface area contributed by atoms with Crippen molar-refractivity contribution >= 4 is 23.2 Å². The third kappa shape index (κ3) is 9.72. The number of carbonyl (C=O) groups excluding carboxylic acids is 2. The lowest BCUT2D eigenvalue weighted by atomic mass is 9.71. The van der Waals surface area contributed by atoms with Gasteiger partial charge < -0.3 is 24.7 Å². The molecular formula is C46H37F9N4O5. The van der Waals surface area contributed by atoms with Gasteiger partial charge in [0.2, 0.25) is 11.2 Å². The average Bonchev–Trinajstić information content (AvgIpc) is 3.27. The lowest BCUT2D eigenvalue weighted by Gasteiger charge is -2.46. The number of anilines is 2. The molecule has 0 unspecified atom stereocenters. The summed E-state index contributed by atoms with van der Waals surface area (Å²) in [6.45, 7) is 0.307. The van der Waals surface area contributed by atoms with Gasteiger partial charge in [0.15, 0.2) is 0 Å². The number of aryl methyl sites for hydroxylation is 1. The number of hydrogen-bond acceptors (Lipinski definition) is 7. The third-order valence-electron chi connectivity index (χ3n) is 10.5. The molecule has 0 bridgehead atoms. The smallest absolute Gasteiger partial charge is 0.417 e. The van der Waals surface area contributed by atoms with E-state index in [1.165, 1.54) is 44.4 Å². The van der Waals surface area contributed by atoms with Crippen LogP contribution in [0.25, 0.3) is 0 Å². The molecule has 0 spiro atoms. The number of aromatic nitrogens is 2. The molecule has 2 amide bonds. The Kier molecular flexibility index (Phi) is 13.5. The van der Waals surface area contributed by atoms with Gasteiger partial charge in [-0.25, -0.2) is 13.2 Å². The number of pyridine rings is 2. The van der Waals surface area contributed by atoms with E-state index in [-0.39, 0.29) is 46.9 Å². The summed E-state index contributed by atoms with van der Waals surface area (Å²) < 4.78 is 130. The maximum Gasteiger partial charge on any atom is 0.417 e. The zero-order chi connectivity index (χ0) is 46.6. The summed E-state index contributed by atoms with van der Waals surface area (Å²) in [4.78, 5) is 40.7. The summed E-state index contributed by atoms with van der Waals surface area (Å²) in [5.41, 5.74) is -10.5. The van der Waals surface area contributed by atoms with Crippen molar-refractivity contribution in [2.24, 2.45) is 0 Å². The molecule has 2 heterocycles. The minimum atomic E-state index is -4.73. The van der Waals surface area contributed by atoms with Crippen LogP contribution in [0.5, 0.6) is 5.75 Å². The Morgan fingerprint density at radius 2 is 1.00 bits per heavy atom. The minimum Gasteiger partial charge on any atom is -0.497 e. The molecule has 18 heteroatoms. The number of rotatable bonds is 14. The second-order valence-corrected chi connectivity index (χ2v) is 14.6. The summed E-state index contributed by atoms with van der Waals surface area (Å²) in [5, 5.41) is 26.7. The minimum absolute atomic E-state index is 0.0146. The van der Waals surface area contributed by atoms with E-state index in [0.29, 0.717) is 12.4 Å². The molecule has 64 heavy (non-hydrogen) atoms. The van der Waals surface area contributed by atoms with Crippen molar-refractivity contribution in [3.63, 3.8) is 0 Å². The Labute approximate surface area is 360 Å². The standard InChI is InChI=1S/C46H37F9N4O5/c1-28-24-38(18-19-40(28)49)59(23-21-36-17-11-32(27-57-36)46(53,54)55)42(61)44(63,30-8-14-34(48)15-9-30)43(62,29-6-12-33(47)13-7-29)41(60)58(37-4-3-5-39(25-37)64-2)22-20-35-16-10-31(26-56-35)45(50,51)52/h3-19,24-27,62-63H,20-23H2,1-2H3/t43-,44-/m1/s1. The fraction of sp³-hybridized carbons (Fsp3) is 0.217. The Morgan fingerprint density at radius 1 is 0.578 bits per heavy atom. The molecule has 6 aromatic rings. The Morgan fingerprint density at radius 3 is 1.38 bits per heavy atom. The quantitative estimate of drug-likeness (QED) is 0.105. The largest absolute Gasteiger partial charge is 0.497 e. The van der Waals surface area contributed by atoms with Crippen LogP contribution in [0.1, 0.15) is 39.2 Å². The van der Waals surface area contributed by atoms with E-state index >= 15 is 9.59 Å². The number of alkyl halides is 6. The number of ether oxygens (including phenoxy) is 1. The number of benzene rings is 4. The second-order valence-electron chi connectivity index (χ2n) is 14.6. The van der Waals surface area contributed by atoms with Crippen LogP contribution in [0.4, 0.5) is 50.9 Å². The van der Waals surface area contributed by atoms with Crippen molar-refractivity contribution in [1.82, 2.24) is 9.97 Å². The van der Waals surface area contributed by atoms with Gasteiger partial charge in [0.1, 0.15) is 23.2 Å². The summed E-state index contributed by atoms with van der Waals surface area (Å²) in [7, 11) is 1.31. The lowest BCUT2D eigenvalue weighted by Crippen LogP contribution is -2.66. The number of halogens is 9. The summed E-state index contributed by atoms with van der Waals surface area (Å²) in [6.07, 6.45) is -8.90. The molecule has 0 aliphatic heterocycles. The van der Waals surface area contributed by atoms with Gasteiger partial charge in [-0.3, -0.25) is 19.6 Å². The van der Waals surface area contributed by atoms with E-state index in [0.717, 1.165) is 94.7 Å². The first-order valence-electron chi connectivity index (χ1n) is 19.2. The highest BCUT2D eigenvalue weighted by Crippen LogP contribution is 2.46. The van der Waals surface area contributed by atoms with Gasteiger partial charge >= 0.3 is 12.4 Å². The molecule has 0 saturated heterocycles. The van der Waals surface area contributed by atoms with Gasteiger partial charge in [-0.15, -0.1) is 0 Å². The molecule has 0 radical (unpaired) electrons. The van der Waals surface area contributed by atoms with E-state index in [2.05, 4.69) is 9.97 Å². The average molecular weight is 897 g/mol. The summed E-state index contributed by atoms with van der Waals surface area (Å²) in [5.74, 6) is -5.28. The monoisotopic (exact) mass is 896 g/mol. The van der Waals surface area contributed by atoms with Crippen LogP contribution in [-0.2, 0) is 46.0 Å². The Hall–Kier alpha value is -6.79. The van der Waals surface area contributed by atoms with Crippen molar-refractivity contribution in [3.8, 4) is 5.75 Å². The predicted octanol–water partition coefficient (Wildman–Crippen LogP) is 8.88. The summed E-state index contributed by atoms with van der Waals surface area (Å²) in [6, 6.07) is 19.5. The van der Waals surface area contributed by atoms with Crippen LogP contribution in [0, 0.1) is 24.4 Å². The van der Waals surface area contributed by atoms with Crippen LogP contribution in [-0.4, -0.2) is 52.2 Å². The fourth-order valence-electron chi connectivity index (χ4n) is 6.95. The number of nitrogens with zero attached hydrogens (tertiary/aromatic N) is 4. The zero-order valence-corrected chi connectivity index (χ0v) is 33.8. The van der Waals surface area contributed by atoms with Gasteiger partial charge in [-0.05, 0) is 102 Å². The van der Waals surface area contributed by atoms with E-state index in [9.17, 15) is 49.7 Å². The van der Waals surface area contributed by atoms with Crippen molar-refractivity contribution in [3.05, 3.63) is 184 Å². The SMILES string of the molecule is COc1cccc(N(CCc2ccc(C(F)(F)F)cn2)C(=O)[C@](O)(c2ccc(F)cc2)[C@](O)(C(=O)N(CCc2ccc(C(F)(F)F)cn2)c2ccc(F)c(C)c2)c2ccc(F)cc2)c1. The van der Waals surface area contributed by atoms with Gasteiger partial charge in [0.05, 0.1) is 18.2 Å². The van der Waals surface area contributed by atoms with Crippen molar-refractivity contribution in [2.75, 3.05) is 30.0 Å². The first-order chi connectivity index (χ1) is 30.2. The first kappa shape index (κ1) is 46.7. The fourth-order valence-corrected chi connectivity index (χ4v) is 6.95. The summed E-state index contributed by atoms with van der Waals surface area (Å²) >= 11 is 0. The van der Waals surface area contributed by atoms with Crippen molar-refractivity contribution in [1.29, 1.82) is 0 Å². The number of aliphatic hydroxyl groups is 2. The highest BCUT2D eigenvalue weighted by molar-refractivity contribution is 6.10. The maximum absolute atomic E-state index is 15.6. The molecule has 9 nitrogen and oxygen atoms in total. The molecule has 0 fully saturated rings. The van der Waals surface area contributed by atoms with Crippen LogP contribution in [0.2, 0.25) is 0 Å². The molecule has 2 N–H and O–H groups in total. The Bertz CT molecular complexity index is 2590. The van der Waals surface area contributed by atoms with Gasteiger partial charge in [-0.2, -0.15) is 26.3 Å². The highest BCUT2D eigenvalue weighted by atomic mass is 19.4. The normalized spacial score (nSPS) is 13.7. The zero-order valence-electron chi connectivity index (χ0n) is 33.8. The predicted molar refractivity (Wildman–Crippen MR) is 215 cm³/mol. The third-order valence-corrected chi connectivity index (χ3v) is 10.5. The van der Waals surface area contributed by atoms with Gasteiger partial charge in [-0.1, -0.05) is 30.3 Å². The molecule has 0 aliphatic rings. The number of carbonyl (C=O) groups is 2. The van der Waals surface area contributed by atoms with Crippen LogP contribution in [0.15, 0.2) is 128 Å². The molecule has 2 aromatic heterocycles. The highest BCUT2D eigenvalue weighted by Gasteiger charge is 2.64. The van der Waals surface area contributed by atoms with Crippen LogP contribution >= 0.6 is 0 Å². The van der Waals surface area contributed by atoms with E-state index < -0.39 is 88.2 Å². The molecule has 4 aromatic carbocycles. The number of methoxy groups -OCH3 is 1. The maximum atomic E-state index is 15.6. The topological polar surface area (TPSA) is 116 Å². The lowest BCUT2D eigenvalue weighted by molar-refractivity contribution is -0.188. The van der Waals surface area contributed by atoms with Crippen molar-refractivity contribution < 1.29 is 64.1 Å². The number of hydrogen-bond donors (Lipinski definition) is 2.